The first-order valence-corrected chi connectivity index (χ1v) is 8.63. The van der Waals surface area contributed by atoms with Crippen molar-refractivity contribution < 1.29 is 9.18 Å². The van der Waals surface area contributed by atoms with Crippen molar-refractivity contribution in [3.05, 3.63) is 65.5 Å². The number of hydrogen-bond donors (Lipinski definition) is 0. The molecule has 0 radical (unpaired) electrons. The Bertz CT molecular complexity index is 724. The first kappa shape index (κ1) is 16.7. The molecule has 2 aromatic carbocycles. The molecule has 1 aliphatic rings. The van der Waals surface area contributed by atoms with Gasteiger partial charge >= 0.3 is 0 Å². The van der Waals surface area contributed by atoms with Crippen molar-refractivity contribution in [1.29, 1.82) is 0 Å². The number of nitrogens with zero attached hydrogens (tertiary/aromatic N) is 1. The van der Waals surface area contributed by atoms with E-state index >= 15 is 0 Å². The van der Waals surface area contributed by atoms with E-state index in [0.717, 1.165) is 31.2 Å². The largest absolute Gasteiger partial charge is 0.304 e. The molecule has 24 heavy (non-hydrogen) atoms. The van der Waals surface area contributed by atoms with Gasteiger partial charge in [0.15, 0.2) is 0 Å². The van der Waals surface area contributed by atoms with Gasteiger partial charge in [-0.15, -0.1) is 0 Å². The molecule has 3 rings (SSSR count). The van der Waals surface area contributed by atoms with E-state index in [1.807, 2.05) is 38.1 Å². The summed E-state index contributed by atoms with van der Waals surface area (Å²) in [5, 5.41) is 0. The number of fused-ring (bicyclic) bond motifs is 1. The molecule has 1 heterocycles. The van der Waals surface area contributed by atoms with E-state index < -0.39 is 0 Å². The molecule has 2 aromatic rings. The van der Waals surface area contributed by atoms with Crippen LogP contribution in [0.25, 0.3) is 0 Å². The summed E-state index contributed by atoms with van der Waals surface area (Å²) in [5.74, 6) is -0.279. The Balaban J connectivity index is 1.76. The van der Waals surface area contributed by atoms with Crippen LogP contribution in [0.5, 0.6) is 0 Å². The van der Waals surface area contributed by atoms with Crippen molar-refractivity contribution >= 4 is 11.6 Å². The SMILES string of the molecule is CC1(C)CCc2cccc(F)c2N1C(=O)CCCc1ccccc1. The molecule has 0 fully saturated rings. The number of halogens is 1. The topological polar surface area (TPSA) is 20.3 Å². The molecule has 0 N–H and O–H groups in total. The van der Waals surface area contributed by atoms with Crippen LogP contribution < -0.4 is 4.90 Å². The summed E-state index contributed by atoms with van der Waals surface area (Å²) in [4.78, 5) is 14.6. The van der Waals surface area contributed by atoms with Crippen molar-refractivity contribution in [3.8, 4) is 0 Å². The van der Waals surface area contributed by atoms with Gasteiger partial charge in [0.1, 0.15) is 5.82 Å². The highest BCUT2D eigenvalue weighted by Gasteiger charge is 2.38. The predicted molar refractivity (Wildman–Crippen MR) is 95.7 cm³/mol. The van der Waals surface area contributed by atoms with Gasteiger partial charge in [-0.25, -0.2) is 4.39 Å². The second kappa shape index (κ2) is 6.76. The lowest BCUT2D eigenvalue weighted by atomic mass is 9.86. The van der Waals surface area contributed by atoms with Crippen molar-refractivity contribution in [3.63, 3.8) is 0 Å². The molecule has 0 unspecified atom stereocenters. The van der Waals surface area contributed by atoms with Gasteiger partial charge in [0.05, 0.1) is 5.69 Å². The summed E-state index contributed by atoms with van der Waals surface area (Å²) in [6.07, 6.45) is 3.75. The number of carbonyl (C=O) groups is 1. The molecule has 126 valence electrons. The Kier molecular flexibility index (Phi) is 4.70. The van der Waals surface area contributed by atoms with Crippen LogP contribution in [0.3, 0.4) is 0 Å². The summed E-state index contributed by atoms with van der Waals surface area (Å²) in [7, 11) is 0. The van der Waals surface area contributed by atoms with Gasteiger partial charge in [0, 0.05) is 12.0 Å². The third kappa shape index (κ3) is 3.35. The first-order valence-electron chi connectivity index (χ1n) is 8.63. The normalized spacial score (nSPS) is 15.9. The van der Waals surface area contributed by atoms with E-state index in [2.05, 4.69) is 12.1 Å². The monoisotopic (exact) mass is 325 g/mol. The molecule has 1 aliphatic heterocycles. The molecule has 3 heteroatoms. The zero-order valence-corrected chi connectivity index (χ0v) is 14.4. The van der Waals surface area contributed by atoms with Crippen molar-refractivity contribution in [2.24, 2.45) is 0 Å². The minimum absolute atomic E-state index is 0.0157. The highest BCUT2D eigenvalue weighted by Crippen LogP contribution is 2.39. The zero-order chi connectivity index (χ0) is 17.2. The van der Waals surface area contributed by atoms with E-state index in [4.69, 9.17) is 0 Å². The lowest BCUT2D eigenvalue weighted by Gasteiger charge is -2.43. The average molecular weight is 325 g/mol. The van der Waals surface area contributed by atoms with Crippen LogP contribution >= 0.6 is 0 Å². The summed E-state index contributed by atoms with van der Waals surface area (Å²) >= 11 is 0. The van der Waals surface area contributed by atoms with Crippen LogP contribution in [0.2, 0.25) is 0 Å². The Morgan fingerprint density at radius 1 is 1.12 bits per heavy atom. The fourth-order valence-corrected chi connectivity index (χ4v) is 3.53. The van der Waals surface area contributed by atoms with Crippen LogP contribution in [0.4, 0.5) is 10.1 Å². The molecular weight excluding hydrogens is 301 g/mol. The Morgan fingerprint density at radius 3 is 2.62 bits per heavy atom. The molecule has 0 spiro atoms. The lowest BCUT2D eigenvalue weighted by molar-refractivity contribution is -0.120. The quantitative estimate of drug-likeness (QED) is 0.782. The van der Waals surface area contributed by atoms with Gasteiger partial charge in [-0.1, -0.05) is 42.5 Å². The van der Waals surface area contributed by atoms with Crippen LogP contribution in [0.1, 0.15) is 44.2 Å². The maximum atomic E-state index is 14.4. The zero-order valence-electron chi connectivity index (χ0n) is 14.4. The maximum Gasteiger partial charge on any atom is 0.227 e. The number of benzene rings is 2. The molecule has 1 amide bonds. The number of rotatable bonds is 4. The van der Waals surface area contributed by atoms with Crippen molar-refractivity contribution in [2.75, 3.05) is 4.90 Å². The van der Waals surface area contributed by atoms with Crippen LogP contribution in [-0.2, 0) is 17.6 Å². The number of hydrogen-bond acceptors (Lipinski definition) is 1. The molecule has 2 nitrogen and oxygen atoms in total. The summed E-state index contributed by atoms with van der Waals surface area (Å²) in [6, 6.07) is 15.3. The predicted octanol–water partition coefficient (Wildman–Crippen LogP) is 4.91. The molecule has 0 saturated heterocycles. The average Bonchev–Trinajstić information content (AvgIpc) is 2.56. The maximum absolute atomic E-state index is 14.4. The molecular formula is C21H24FNO. The molecule has 0 bridgehead atoms. The van der Waals surface area contributed by atoms with E-state index in [0.29, 0.717) is 12.1 Å². The van der Waals surface area contributed by atoms with Gasteiger partial charge in [-0.2, -0.15) is 0 Å². The second-order valence-electron chi connectivity index (χ2n) is 7.13. The van der Waals surface area contributed by atoms with Gasteiger partial charge in [0.25, 0.3) is 0 Å². The standard InChI is InChI=1S/C21H24FNO/c1-21(2)15-14-17-11-7-12-18(22)20(17)23(21)19(24)13-6-10-16-8-4-3-5-9-16/h3-5,7-9,11-12H,6,10,13-15H2,1-2H3. The lowest BCUT2D eigenvalue weighted by Crippen LogP contribution is -2.51. The molecule has 0 saturated carbocycles. The Hall–Kier alpha value is -2.16. The third-order valence-electron chi connectivity index (χ3n) is 4.85. The van der Waals surface area contributed by atoms with E-state index in [1.165, 1.54) is 11.6 Å². The van der Waals surface area contributed by atoms with Crippen LogP contribution in [0, 0.1) is 5.82 Å². The molecule has 0 atom stereocenters. The fourth-order valence-electron chi connectivity index (χ4n) is 3.53. The van der Waals surface area contributed by atoms with Gasteiger partial charge in [-0.3, -0.25) is 4.79 Å². The van der Waals surface area contributed by atoms with E-state index in [-0.39, 0.29) is 17.3 Å². The molecule has 0 aliphatic carbocycles. The molecule has 0 aromatic heterocycles. The number of aryl methyl sites for hydroxylation is 2. The van der Waals surface area contributed by atoms with Gasteiger partial charge in [-0.05, 0) is 56.7 Å². The Morgan fingerprint density at radius 2 is 1.88 bits per heavy atom. The van der Waals surface area contributed by atoms with Crippen molar-refractivity contribution in [2.45, 2.75) is 51.5 Å². The smallest absolute Gasteiger partial charge is 0.227 e. The number of anilines is 1. The number of amides is 1. The van der Waals surface area contributed by atoms with Crippen LogP contribution in [-0.4, -0.2) is 11.4 Å². The van der Waals surface area contributed by atoms with E-state index in [1.54, 1.807) is 11.0 Å². The number of para-hydroxylation sites is 1. The fraction of sp³-hybridized carbons (Fsp3) is 0.381. The van der Waals surface area contributed by atoms with E-state index in [9.17, 15) is 9.18 Å². The second-order valence-corrected chi connectivity index (χ2v) is 7.13. The highest BCUT2D eigenvalue weighted by molar-refractivity contribution is 5.96. The van der Waals surface area contributed by atoms with Crippen molar-refractivity contribution in [1.82, 2.24) is 0 Å². The summed E-state index contributed by atoms with van der Waals surface area (Å²) < 4.78 is 14.4. The third-order valence-corrected chi connectivity index (χ3v) is 4.85. The van der Waals surface area contributed by atoms with Gasteiger partial charge < -0.3 is 4.90 Å². The summed E-state index contributed by atoms with van der Waals surface area (Å²) in [5.41, 5.74) is 2.30. The summed E-state index contributed by atoms with van der Waals surface area (Å²) in [6.45, 7) is 4.05. The van der Waals surface area contributed by atoms with Crippen LogP contribution in [0.15, 0.2) is 48.5 Å². The van der Waals surface area contributed by atoms with Gasteiger partial charge in [0.2, 0.25) is 5.91 Å². The number of carbonyl (C=O) groups excluding carboxylic acids is 1. The minimum atomic E-state index is -0.348. The Labute approximate surface area is 143 Å². The highest BCUT2D eigenvalue weighted by atomic mass is 19.1. The first-order chi connectivity index (χ1) is 11.5. The minimum Gasteiger partial charge on any atom is -0.304 e.